The van der Waals surface area contributed by atoms with E-state index in [1.54, 1.807) is 0 Å². The molecule has 0 radical (unpaired) electrons. The molecule has 2 nitrogen and oxygen atoms in total. The largest absolute Gasteiger partial charge is 0.453 e. The van der Waals surface area contributed by atoms with Crippen molar-refractivity contribution >= 4 is 207 Å². The van der Waals surface area contributed by atoms with Crippen molar-refractivity contribution in [2.75, 3.05) is 0 Å². The molecule has 0 saturated heterocycles. The molecule has 0 aliphatic carbocycles. The van der Waals surface area contributed by atoms with Gasteiger partial charge >= 0.3 is 0 Å². The van der Waals surface area contributed by atoms with Crippen molar-refractivity contribution in [3.05, 3.63) is 36.2 Å². The smallest absolute Gasteiger partial charge is 0.160 e. The first-order chi connectivity index (χ1) is 17.3. The summed E-state index contributed by atoms with van der Waals surface area (Å²) >= 11 is 21.3. The normalized spacial score (nSPS) is 12.7. The highest BCUT2D eigenvalue weighted by Gasteiger charge is 2.28. The average molecular weight is 1030 g/mol. The van der Waals surface area contributed by atoms with E-state index in [1.807, 2.05) is 68.0 Å². The minimum atomic E-state index is 1.01. The number of thiophene rings is 6. The second kappa shape index (κ2) is 8.74. The van der Waals surface area contributed by atoms with Crippen molar-refractivity contribution in [3.8, 4) is 21.3 Å². The van der Waals surface area contributed by atoms with Crippen molar-refractivity contribution in [2.45, 2.75) is 13.8 Å². The molecule has 0 amide bonds. The van der Waals surface area contributed by atoms with Crippen LogP contribution in [-0.4, -0.2) is 0 Å². The van der Waals surface area contributed by atoms with Crippen LogP contribution < -0.4 is 0 Å². The summed E-state index contributed by atoms with van der Waals surface area (Å²) in [6, 6.07) is 4.31. The summed E-state index contributed by atoms with van der Waals surface area (Å²) in [6.07, 6.45) is 0. The lowest BCUT2D eigenvalue weighted by atomic mass is 10.3. The maximum atomic E-state index is 6.37. The maximum Gasteiger partial charge on any atom is 0.160 e. The van der Waals surface area contributed by atoms with Crippen LogP contribution >= 0.6 is 158 Å². The molecule has 8 aromatic rings. The number of aryl methyl sites for hydroxylation is 2. The van der Waals surface area contributed by atoms with Crippen molar-refractivity contribution in [2.24, 2.45) is 0 Å². The van der Waals surface area contributed by atoms with Crippen LogP contribution in [0.3, 0.4) is 0 Å². The zero-order valence-corrected chi connectivity index (χ0v) is 31.5. The fourth-order valence-electron chi connectivity index (χ4n) is 4.41. The van der Waals surface area contributed by atoms with Crippen LogP contribution in [0.5, 0.6) is 0 Å². The van der Waals surface area contributed by atoms with Gasteiger partial charge in [-0.15, -0.1) is 68.0 Å². The molecule has 180 valence electrons. The molecule has 36 heavy (non-hydrogen) atoms. The van der Waals surface area contributed by atoms with Gasteiger partial charge < -0.3 is 8.83 Å². The first-order valence-electron chi connectivity index (χ1n) is 10.4. The van der Waals surface area contributed by atoms with Crippen molar-refractivity contribution < 1.29 is 8.83 Å². The van der Waals surface area contributed by atoms with E-state index >= 15 is 0 Å². The summed E-state index contributed by atoms with van der Waals surface area (Å²) in [5.41, 5.74) is 2.02. The number of furan rings is 2. The first kappa shape index (κ1) is 24.8. The summed E-state index contributed by atoms with van der Waals surface area (Å²) in [4.78, 5) is 5.11. The topological polar surface area (TPSA) is 26.3 Å². The molecule has 8 heterocycles. The second-order valence-electron chi connectivity index (χ2n) is 8.26. The van der Waals surface area contributed by atoms with Crippen LogP contribution in [0.15, 0.2) is 21.0 Å². The van der Waals surface area contributed by atoms with Gasteiger partial charge in [-0.2, -0.15) is 0 Å². The number of rotatable bonds is 2. The molecule has 0 aliphatic heterocycles. The molecule has 12 heteroatoms. The minimum absolute atomic E-state index is 1.01. The highest BCUT2D eigenvalue weighted by Crippen LogP contribution is 2.57. The van der Waals surface area contributed by atoms with Gasteiger partial charge in [-0.25, -0.2) is 0 Å². The van der Waals surface area contributed by atoms with Gasteiger partial charge in [0.2, 0.25) is 0 Å². The van der Waals surface area contributed by atoms with E-state index in [0.29, 0.717) is 0 Å². The summed E-state index contributed by atoms with van der Waals surface area (Å²) in [5, 5.41) is 0. The Morgan fingerprint density at radius 1 is 0.472 bits per heavy atom. The van der Waals surface area contributed by atoms with E-state index < -0.39 is 0 Å². The van der Waals surface area contributed by atoms with Crippen LogP contribution in [0, 0.1) is 28.1 Å². The molecule has 0 unspecified atom stereocenters. The highest BCUT2D eigenvalue weighted by molar-refractivity contribution is 14.1. The van der Waals surface area contributed by atoms with Crippen LogP contribution in [-0.2, 0) is 0 Å². The maximum absolute atomic E-state index is 6.37. The summed E-state index contributed by atoms with van der Waals surface area (Å²) < 4.78 is 28.8. The van der Waals surface area contributed by atoms with E-state index in [2.05, 4.69) is 116 Å². The van der Waals surface area contributed by atoms with Crippen molar-refractivity contribution in [3.63, 3.8) is 0 Å². The van der Waals surface area contributed by atoms with Gasteiger partial charge in [0, 0.05) is 9.75 Å². The standard InChI is InChI=1S/C24H8I4O2S6/c1-5-3-7-15(31-5)9(25)13(29-7)17-11(27)19-21(33-17)23-24(35-19)22-20(36-23)12(28)18(34-22)14-10(26)16-8(30-14)4-6(2)32-16/h3-4H,1-2H3. The SMILES string of the molecule is Cc1cc2oc(-c3sc4c(sc5c6sc(-c7oc8cc(C)sc8c7I)c(I)c6sc45)c3I)c(I)c2s1. The first-order valence-corrected chi connectivity index (χ1v) is 19.6. The predicted molar refractivity (Wildman–Crippen MR) is 197 cm³/mol. The number of hydrogen-bond acceptors (Lipinski definition) is 8. The van der Waals surface area contributed by atoms with E-state index in [4.69, 9.17) is 8.83 Å². The van der Waals surface area contributed by atoms with E-state index in [-0.39, 0.29) is 0 Å². The highest BCUT2D eigenvalue weighted by atomic mass is 127. The molecule has 0 N–H and O–H groups in total. The molecule has 0 aromatic carbocycles. The Labute approximate surface area is 282 Å². The summed E-state index contributed by atoms with van der Waals surface area (Å²) in [6.45, 7) is 4.28. The van der Waals surface area contributed by atoms with Crippen molar-refractivity contribution in [1.29, 1.82) is 0 Å². The number of fused-ring (bicyclic) bond motifs is 7. The van der Waals surface area contributed by atoms with Crippen LogP contribution in [0.2, 0.25) is 0 Å². The second-order valence-corrected chi connectivity index (χ2v) is 19.2. The quantitative estimate of drug-likeness (QED) is 0.161. The van der Waals surface area contributed by atoms with E-state index in [0.717, 1.165) is 22.7 Å². The molecule has 0 aliphatic rings. The van der Waals surface area contributed by atoms with Gasteiger partial charge in [-0.1, -0.05) is 0 Å². The lowest BCUT2D eigenvalue weighted by Gasteiger charge is -1.95. The Balaban J connectivity index is 1.32. The fraction of sp³-hybridized carbons (Fsp3) is 0.0833. The summed E-state index contributed by atoms with van der Waals surface area (Å²) in [5.74, 6) is 2.06. The Hall–Kier alpha value is 0.980. The van der Waals surface area contributed by atoms with E-state index in [9.17, 15) is 0 Å². The molecule has 0 spiro atoms. The lowest BCUT2D eigenvalue weighted by molar-refractivity contribution is 0.631. The Kier molecular flexibility index (Phi) is 6.01. The fourth-order valence-corrected chi connectivity index (χ4v) is 16.8. The van der Waals surface area contributed by atoms with Crippen LogP contribution in [0.4, 0.5) is 0 Å². The number of halogens is 4. The molecular formula is C24H8I4O2S6. The molecule has 0 saturated carbocycles. The summed E-state index contributed by atoms with van der Waals surface area (Å²) in [7, 11) is 0. The van der Waals surface area contributed by atoms with Crippen LogP contribution in [0.25, 0.3) is 70.0 Å². The monoisotopic (exact) mass is 1030 g/mol. The Bertz CT molecular complexity index is 2030. The van der Waals surface area contributed by atoms with Crippen LogP contribution in [0.1, 0.15) is 9.75 Å². The van der Waals surface area contributed by atoms with Gasteiger partial charge in [-0.3, -0.25) is 0 Å². The molecular weight excluding hydrogens is 1020 g/mol. The zero-order chi connectivity index (χ0) is 24.6. The zero-order valence-electron chi connectivity index (χ0n) is 17.9. The Morgan fingerprint density at radius 3 is 1.25 bits per heavy atom. The van der Waals surface area contributed by atoms with Gasteiger partial charge in [-0.05, 0) is 116 Å². The van der Waals surface area contributed by atoms with Gasteiger partial charge in [0.25, 0.3) is 0 Å². The Morgan fingerprint density at radius 2 is 0.861 bits per heavy atom. The number of hydrogen-bond donors (Lipinski definition) is 0. The third kappa shape index (κ3) is 3.40. The molecule has 0 fully saturated rings. The minimum Gasteiger partial charge on any atom is -0.453 e. The third-order valence-corrected chi connectivity index (χ3v) is 19.9. The lowest BCUT2D eigenvalue weighted by Crippen LogP contribution is -1.74. The van der Waals surface area contributed by atoms with Crippen molar-refractivity contribution in [1.82, 2.24) is 0 Å². The predicted octanol–water partition coefficient (Wildman–Crippen LogP) is 13.4. The van der Waals surface area contributed by atoms with Gasteiger partial charge in [0.1, 0.15) is 11.2 Å². The average Bonchev–Trinajstić information content (AvgIpc) is 3.67. The van der Waals surface area contributed by atoms with Gasteiger partial charge in [0.05, 0.1) is 61.6 Å². The molecule has 8 aromatic heterocycles. The third-order valence-electron chi connectivity index (χ3n) is 5.92. The van der Waals surface area contributed by atoms with Gasteiger partial charge in [0.15, 0.2) is 11.5 Å². The molecule has 0 atom stereocenters. The van der Waals surface area contributed by atoms with E-state index in [1.165, 1.54) is 71.4 Å². The molecule has 0 bridgehead atoms. The molecule has 8 rings (SSSR count).